The lowest BCUT2D eigenvalue weighted by atomic mass is 9.75. The van der Waals surface area contributed by atoms with Gasteiger partial charge in [0.2, 0.25) is 0 Å². The van der Waals surface area contributed by atoms with Crippen LogP contribution >= 0.6 is 0 Å². The fraction of sp³-hybridized carbons (Fsp3) is 0.500. The third kappa shape index (κ3) is 1.67. The molecule has 3 aliphatic heterocycles. The number of Topliss-reactive ketones (excluding diaryl/α,β-unsaturated/α-hetero) is 1. The van der Waals surface area contributed by atoms with Crippen molar-refractivity contribution >= 4 is 5.78 Å². The van der Waals surface area contributed by atoms with Crippen molar-refractivity contribution in [2.75, 3.05) is 19.6 Å². The average molecular weight is 216 g/mol. The summed E-state index contributed by atoms with van der Waals surface area (Å²) in [5, 5.41) is 0. The van der Waals surface area contributed by atoms with E-state index in [2.05, 4.69) is 0 Å². The van der Waals surface area contributed by atoms with Crippen LogP contribution in [0.25, 0.3) is 0 Å². The maximum atomic E-state index is 12.4. The van der Waals surface area contributed by atoms with Crippen LogP contribution in [0.4, 0.5) is 0 Å². The van der Waals surface area contributed by atoms with Crippen LogP contribution in [-0.2, 0) is 0 Å². The lowest BCUT2D eigenvalue weighted by Crippen LogP contribution is -3.16. The molecule has 1 N–H and O–H groups in total. The Hall–Kier alpha value is -1.15. The van der Waals surface area contributed by atoms with E-state index in [1.807, 2.05) is 30.3 Å². The quantitative estimate of drug-likeness (QED) is 0.725. The second kappa shape index (κ2) is 4.02. The first-order valence-electron chi connectivity index (χ1n) is 6.27. The second-order valence-corrected chi connectivity index (χ2v) is 5.13. The second-order valence-electron chi connectivity index (χ2n) is 5.13. The van der Waals surface area contributed by atoms with Crippen molar-refractivity contribution in [1.29, 1.82) is 0 Å². The Kier molecular flexibility index (Phi) is 2.52. The summed E-state index contributed by atoms with van der Waals surface area (Å²) >= 11 is 0. The predicted octanol–water partition coefficient (Wildman–Crippen LogP) is 0.794. The Labute approximate surface area is 96.3 Å². The Morgan fingerprint density at radius 1 is 1.12 bits per heavy atom. The molecule has 0 spiro atoms. The number of hydrogen-bond donors (Lipinski definition) is 1. The van der Waals surface area contributed by atoms with Crippen molar-refractivity contribution in [3.63, 3.8) is 0 Å². The molecule has 2 heteroatoms. The van der Waals surface area contributed by atoms with E-state index in [0.717, 1.165) is 12.1 Å². The number of fused-ring (bicyclic) bond motifs is 3. The number of nitrogens with one attached hydrogen (secondary N) is 1. The van der Waals surface area contributed by atoms with Gasteiger partial charge in [-0.3, -0.25) is 4.79 Å². The lowest BCUT2D eigenvalue weighted by molar-refractivity contribution is -0.919. The van der Waals surface area contributed by atoms with Gasteiger partial charge in [-0.05, 0) is 5.92 Å². The minimum absolute atomic E-state index is 0.292. The Morgan fingerprint density at radius 3 is 2.38 bits per heavy atom. The molecule has 2 nitrogen and oxygen atoms in total. The molecule has 3 aliphatic rings. The predicted molar refractivity (Wildman–Crippen MR) is 62.6 cm³/mol. The van der Waals surface area contributed by atoms with Gasteiger partial charge in [-0.15, -0.1) is 0 Å². The number of benzene rings is 1. The molecular weight excluding hydrogens is 198 g/mol. The third-order valence-corrected chi connectivity index (χ3v) is 4.21. The molecule has 2 bridgehead atoms. The summed E-state index contributed by atoms with van der Waals surface area (Å²) in [4.78, 5) is 14.0. The fourth-order valence-electron chi connectivity index (χ4n) is 3.26. The molecule has 16 heavy (non-hydrogen) atoms. The van der Waals surface area contributed by atoms with Crippen molar-refractivity contribution in [1.82, 2.24) is 0 Å². The van der Waals surface area contributed by atoms with Crippen LogP contribution < -0.4 is 4.90 Å². The number of piperidine rings is 3. The maximum absolute atomic E-state index is 12.4. The Morgan fingerprint density at radius 2 is 1.81 bits per heavy atom. The van der Waals surface area contributed by atoms with E-state index in [9.17, 15) is 4.79 Å². The highest BCUT2D eigenvalue weighted by Crippen LogP contribution is 2.26. The first-order chi connectivity index (χ1) is 7.84. The van der Waals surface area contributed by atoms with Gasteiger partial charge in [0.25, 0.3) is 0 Å². The van der Waals surface area contributed by atoms with Crippen LogP contribution in [0.2, 0.25) is 0 Å². The summed E-state index contributed by atoms with van der Waals surface area (Å²) in [6.07, 6.45) is 2.50. The molecule has 4 rings (SSSR count). The zero-order valence-electron chi connectivity index (χ0n) is 9.49. The molecule has 1 atom stereocenters. The van der Waals surface area contributed by atoms with Crippen molar-refractivity contribution in [3.8, 4) is 0 Å². The molecule has 84 valence electrons. The zero-order chi connectivity index (χ0) is 11.0. The number of carbonyl (C=O) groups is 1. The minimum Gasteiger partial charge on any atom is -0.334 e. The summed E-state index contributed by atoms with van der Waals surface area (Å²) in [6, 6.07) is 9.80. The van der Waals surface area contributed by atoms with Crippen molar-refractivity contribution in [2.45, 2.75) is 12.8 Å². The van der Waals surface area contributed by atoms with Crippen LogP contribution in [0.15, 0.2) is 30.3 Å². The molecule has 0 aliphatic carbocycles. The molecule has 0 amide bonds. The summed E-state index contributed by atoms with van der Waals surface area (Å²) in [5.74, 6) is 1.33. The SMILES string of the molecule is O=C(c1ccccc1)[C@@H]1C[NH+]2CCC1CC2. The number of rotatable bonds is 2. The fourth-order valence-corrected chi connectivity index (χ4v) is 3.26. The molecule has 3 fully saturated rings. The lowest BCUT2D eigenvalue weighted by Gasteiger charge is -2.41. The third-order valence-electron chi connectivity index (χ3n) is 4.21. The van der Waals surface area contributed by atoms with E-state index < -0.39 is 0 Å². The van der Waals surface area contributed by atoms with Crippen LogP contribution in [0.1, 0.15) is 23.2 Å². The summed E-state index contributed by atoms with van der Waals surface area (Å²) in [6.45, 7) is 3.63. The van der Waals surface area contributed by atoms with Gasteiger partial charge in [-0.25, -0.2) is 0 Å². The molecule has 3 heterocycles. The van der Waals surface area contributed by atoms with Crippen molar-refractivity contribution in [3.05, 3.63) is 35.9 Å². The smallest absolute Gasteiger partial charge is 0.171 e. The molecular formula is C14H18NO+. The van der Waals surface area contributed by atoms with Crippen LogP contribution in [0.5, 0.6) is 0 Å². The Bertz CT molecular complexity index is 379. The van der Waals surface area contributed by atoms with Crippen molar-refractivity contribution in [2.24, 2.45) is 11.8 Å². The highest BCUT2D eigenvalue weighted by Gasteiger charge is 2.41. The maximum Gasteiger partial charge on any atom is 0.171 e. The summed E-state index contributed by atoms with van der Waals surface area (Å²) in [5.41, 5.74) is 0.903. The van der Waals surface area contributed by atoms with Gasteiger partial charge in [-0.2, -0.15) is 0 Å². The van der Waals surface area contributed by atoms with E-state index in [1.54, 1.807) is 4.90 Å². The molecule has 1 aromatic carbocycles. The van der Waals surface area contributed by atoms with Gasteiger partial charge in [0, 0.05) is 18.4 Å². The van der Waals surface area contributed by atoms with E-state index in [1.165, 1.54) is 25.9 Å². The average Bonchev–Trinajstić information content (AvgIpc) is 2.40. The van der Waals surface area contributed by atoms with Gasteiger partial charge < -0.3 is 4.90 Å². The van der Waals surface area contributed by atoms with Crippen LogP contribution in [-0.4, -0.2) is 25.4 Å². The standard InChI is InChI=1S/C14H17NO/c16-14(12-4-2-1-3-5-12)13-10-15-8-6-11(13)7-9-15/h1-5,11,13H,6-10H2/p+1/t13-/m1/s1. The number of ketones is 1. The zero-order valence-corrected chi connectivity index (χ0v) is 9.49. The van der Waals surface area contributed by atoms with Crippen molar-refractivity contribution < 1.29 is 9.69 Å². The molecule has 3 saturated heterocycles. The van der Waals surface area contributed by atoms with Gasteiger partial charge in [0.15, 0.2) is 5.78 Å². The van der Waals surface area contributed by atoms with Crippen LogP contribution in [0, 0.1) is 11.8 Å². The van der Waals surface area contributed by atoms with E-state index >= 15 is 0 Å². The van der Waals surface area contributed by atoms with Gasteiger partial charge in [0.1, 0.15) is 0 Å². The Balaban J connectivity index is 1.81. The van der Waals surface area contributed by atoms with E-state index in [4.69, 9.17) is 0 Å². The minimum atomic E-state index is 0.292. The normalized spacial score (nSPS) is 32.6. The highest BCUT2D eigenvalue weighted by molar-refractivity contribution is 5.98. The van der Waals surface area contributed by atoms with E-state index in [0.29, 0.717) is 17.6 Å². The number of quaternary nitrogens is 1. The van der Waals surface area contributed by atoms with Gasteiger partial charge >= 0.3 is 0 Å². The summed E-state index contributed by atoms with van der Waals surface area (Å²) < 4.78 is 0. The highest BCUT2D eigenvalue weighted by atomic mass is 16.1. The van der Waals surface area contributed by atoms with E-state index in [-0.39, 0.29) is 0 Å². The topological polar surface area (TPSA) is 21.5 Å². The first-order valence-corrected chi connectivity index (χ1v) is 6.27. The molecule has 0 saturated carbocycles. The molecule has 0 unspecified atom stereocenters. The van der Waals surface area contributed by atoms with Gasteiger partial charge in [0.05, 0.1) is 25.6 Å². The summed E-state index contributed by atoms with van der Waals surface area (Å²) in [7, 11) is 0. The number of carbonyl (C=O) groups excluding carboxylic acids is 1. The molecule has 0 aromatic heterocycles. The molecule has 0 radical (unpaired) electrons. The largest absolute Gasteiger partial charge is 0.334 e. The monoisotopic (exact) mass is 216 g/mol. The van der Waals surface area contributed by atoms with Gasteiger partial charge in [-0.1, -0.05) is 30.3 Å². The first kappa shape index (κ1) is 10.0. The molecule has 1 aromatic rings. The number of hydrogen-bond acceptors (Lipinski definition) is 1. The van der Waals surface area contributed by atoms with Crippen LogP contribution in [0.3, 0.4) is 0 Å².